The Bertz CT molecular complexity index is 296. The molecule has 3 heteroatoms. The van der Waals surface area contributed by atoms with Gasteiger partial charge in [0.15, 0.2) is 0 Å². The third-order valence-electron chi connectivity index (χ3n) is 2.96. The number of hydrogen-bond donors (Lipinski definition) is 0. The van der Waals surface area contributed by atoms with Crippen LogP contribution >= 0.6 is 0 Å². The van der Waals surface area contributed by atoms with E-state index in [0.29, 0.717) is 0 Å². The Kier molecular flexibility index (Phi) is 17.9. The van der Waals surface area contributed by atoms with Gasteiger partial charge in [-0.2, -0.15) is 0 Å². The summed E-state index contributed by atoms with van der Waals surface area (Å²) < 4.78 is 0. The average molecular weight is 296 g/mol. The molecular formula is C18H37N3. The van der Waals surface area contributed by atoms with E-state index in [1.165, 1.54) is 31.2 Å². The van der Waals surface area contributed by atoms with Gasteiger partial charge in [-0.1, -0.05) is 54.4 Å². The molecule has 0 atom stereocenters. The predicted octanol–water partition coefficient (Wildman–Crippen LogP) is 5.50. The van der Waals surface area contributed by atoms with E-state index in [9.17, 15) is 0 Å². The van der Waals surface area contributed by atoms with Crippen molar-refractivity contribution in [2.75, 3.05) is 18.0 Å². The first-order valence-corrected chi connectivity index (χ1v) is 8.87. The molecule has 1 heterocycles. The third-order valence-corrected chi connectivity index (χ3v) is 2.96. The second-order valence-corrected chi connectivity index (χ2v) is 4.43. The highest BCUT2D eigenvalue weighted by molar-refractivity contribution is 5.29. The van der Waals surface area contributed by atoms with E-state index in [4.69, 9.17) is 0 Å². The van der Waals surface area contributed by atoms with E-state index in [-0.39, 0.29) is 0 Å². The Balaban J connectivity index is 0. The van der Waals surface area contributed by atoms with E-state index in [0.717, 1.165) is 25.5 Å². The Morgan fingerprint density at radius 3 is 1.81 bits per heavy atom. The Morgan fingerprint density at radius 2 is 1.38 bits per heavy atom. The second-order valence-electron chi connectivity index (χ2n) is 4.43. The standard InChI is InChI=1S/C14H25N3.2C2H6/c1-4-7-9-13-11-15-14(16-12-13)17(6-3)10-8-5-2;2*1-2/h11-12H,4-10H2,1-3H3;2*1-2H3. The Hall–Kier alpha value is -1.12. The molecule has 0 bridgehead atoms. The number of aryl methyl sites for hydroxylation is 1. The van der Waals surface area contributed by atoms with Crippen molar-refractivity contribution in [1.82, 2.24) is 9.97 Å². The van der Waals surface area contributed by atoms with E-state index >= 15 is 0 Å². The largest absolute Gasteiger partial charge is 0.341 e. The molecule has 0 amide bonds. The summed E-state index contributed by atoms with van der Waals surface area (Å²) in [5, 5.41) is 0. The van der Waals surface area contributed by atoms with Crippen molar-refractivity contribution in [3.8, 4) is 0 Å². The number of aromatic nitrogens is 2. The van der Waals surface area contributed by atoms with Gasteiger partial charge in [-0.15, -0.1) is 0 Å². The minimum Gasteiger partial charge on any atom is -0.341 e. The van der Waals surface area contributed by atoms with Gasteiger partial charge in [0.2, 0.25) is 5.95 Å². The SMILES string of the molecule is CC.CC.CCCCc1cnc(N(CC)CCCC)nc1. The van der Waals surface area contributed by atoms with Gasteiger partial charge in [0.1, 0.15) is 0 Å². The topological polar surface area (TPSA) is 29.0 Å². The van der Waals surface area contributed by atoms with Gasteiger partial charge in [0, 0.05) is 25.5 Å². The van der Waals surface area contributed by atoms with Crippen molar-refractivity contribution >= 4 is 5.95 Å². The highest BCUT2D eigenvalue weighted by Crippen LogP contribution is 2.09. The first-order valence-electron chi connectivity index (χ1n) is 8.87. The zero-order valence-electron chi connectivity index (χ0n) is 15.4. The predicted molar refractivity (Wildman–Crippen MR) is 96.1 cm³/mol. The van der Waals surface area contributed by atoms with Crippen LogP contribution in [0.4, 0.5) is 5.95 Å². The molecule has 0 spiro atoms. The molecule has 0 aliphatic rings. The third kappa shape index (κ3) is 10.3. The molecule has 124 valence electrons. The Morgan fingerprint density at radius 1 is 0.857 bits per heavy atom. The monoisotopic (exact) mass is 295 g/mol. The normalized spacial score (nSPS) is 9.10. The molecule has 0 aromatic carbocycles. The number of rotatable bonds is 8. The summed E-state index contributed by atoms with van der Waals surface area (Å²) in [5.74, 6) is 0.876. The maximum Gasteiger partial charge on any atom is 0.225 e. The van der Waals surface area contributed by atoms with Crippen LogP contribution in [0.5, 0.6) is 0 Å². The zero-order valence-corrected chi connectivity index (χ0v) is 15.4. The summed E-state index contributed by atoms with van der Waals surface area (Å²) >= 11 is 0. The fraction of sp³-hybridized carbons (Fsp3) is 0.778. The fourth-order valence-corrected chi connectivity index (χ4v) is 1.77. The minimum atomic E-state index is 0.876. The summed E-state index contributed by atoms with van der Waals surface area (Å²) in [7, 11) is 0. The van der Waals surface area contributed by atoms with Gasteiger partial charge in [-0.3, -0.25) is 0 Å². The van der Waals surface area contributed by atoms with Gasteiger partial charge < -0.3 is 4.90 Å². The number of nitrogens with zero attached hydrogens (tertiary/aromatic N) is 3. The summed E-state index contributed by atoms with van der Waals surface area (Å²) in [5.41, 5.74) is 1.25. The van der Waals surface area contributed by atoms with Crippen LogP contribution in [-0.4, -0.2) is 23.1 Å². The molecule has 0 N–H and O–H groups in total. The van der Waals surface area contributed by atoms with E-state index in [1.54, 1.807) is 0 Å². The van der Waals surface area contributed by atoms with Crippen LogP contribution in [0.2, 0.25) is 0 Å². The molecule has 1 aromatic rings. The van der Waals surface area contributed by atoms with Crippen LogP contribution in [0.1, 0.15) is 79.7 Å². The summed E-state index contributed by atoms with van der Waals surface area (Å²) in [6, 6.07) is 0. The van der Waals surface area contributed by atoms with E-state index < -0.39 is 0 Å². The summed E-state index contributed by atoms with van der Waals surface area (Å²) in [4.78, 5) is 11.2. The van der Waals surface area contributed by atoms with Crippen molar-refractivity contribution in [3.05, 3.63) is 18.0 Å². The molecule has 0 saturated heterocycles. The maximum atomic E-state index is 4.47. The molecule has 0 aliphatic heterocycles. The summed E-state index contributed by atoms with van der Waals surface area (Å²) in [6.07, 6.45) is 9.91. The molecule has 0 fully saturated rings. The van der Waals surface area contributed by atoms with Gasteiger partial charge >= 0.3 is 0 Å². The smallest absolute Gasteiger partial charge is 0.225 e. The van der Waals surface area contributed by atoms with Crippen LogP contribution < -0.4 is 4.90 Å². The lowest BCUT2D eigenvalue weighted by atomic mass is 10.2. The highest BCUT2D eigenvalue weighted by Gasteiger charge is 2.06. The molecular weight excluding hydrogens is 258 g/mol. The van der Waals surface area contributed by atoms with Crippen molar-refractivity contribution < 1.29 is 0 Å². The quantitative estimate of drug-likeness (QED) is 0.634. The highest BCUT2D eigenvalue weighted by atomic mass is 15.2. The van der Waals surface area contributed by atoms with E-state index in [2.05, 4.69) is 35.6 Å². The van der Waals surface area contributed by atoms with Crippen LogP contribution in [-0.2, 0) is 6.42 Å². The van der Waals surface area contributed by atoms with Gasteiger partial charge in [0.25, 0.3) is 0 Å². The molecule has 0 saturated carbocycles. The molecule has 3 nitrogen and oxygen atoms in total. The fourth-order valence-electron chi connectivity index (χ4n) is 1.77. The molecule has 0 aliphatic carbocycles. The van der Waals surface area contributed by atoms with Crippen molar-refractivity contribution in [2.45, 2.75) is 80.6 Å². The second kappa shape index (κ2) is 16.9. The molecule has 0 radical (unpaired) electrons. The minimum absolute atomic E-state index is 0.876. The lowest BCUT2D eigenvalue weighted by Gasteiger charge is -2.20. The van der Waals surface area contributed by atoms with Gasteiger partial charge in [-0.05, 0) is 31.7 Å². The summed E-state index contributed by atoms with van der Waals surface area (Å²) in [6.45, 7) is 16.6. The molecule has 0 unspecified atom stereocenters. The van der Waals surface area contributed by atoms with Gasteiger partial charge in [0.05, 0.1) is 0 Å². The number of anilines is 1. The average Bonchev–Trinajstić information content (AvgIpc) is 2.58. The molecule has 1 aromatic heterocycles. The van der Waals surface area contributed by atoms with Crippen LogP contribution in [0, 0.1) is 0 Å². The van der Waals surface area contributed by atoms with Crippen molar-refractivity contribution in [1.29, 1.82) is 0 Å². The number of unbranched alkanes of at least 4 members (excludes halogenated alkanes) is 2. The first kappa shape index (κ1) is 22.2. The lowest BCUT2D eigenvalue weighted by Crippen LogP contribution is -2.25. The van der Waals surface area contributed by atoms with Gasteiger partial charge in [-0.25, -0.2) is 9.97 Å². The first-order chi connectivity index (χ1) is 10.3. The van der Waals surface area contributed by atoms with Crippen molar-refractivity contribution in [3.63, 3.8) is 0 Å². The lowest BCUT2D eigenvalue weighted by molar-refractivity contribution is 0.711. The van der Waals surface area contributed by atoms with Crippen molar-refractivity contribution in [2.24, 2.45) is 0 Å². The molecule has 21 heavy (non-hydrogen) atoms. The van der Waals surface area contributed by atoms with Crippen LogP contribution in [0.15, 0.2) is 12.4 Å². The van der Waals surface area contributed by atoms with Crippen LogP contribution in [0.3, 0.4) is 0 Å². The maximum absolute atomic E-state index is 4.47. The number of hydrogen-bond acceptors (Lipinski definition) is 3. The Labute approximate surface area is 133 Å². The van der Waals surface area contributed by atoms with Crippen LogP contribution in [0.25, 0.3) is 0 Å². The zero-order chi connectivity index (χ0) is 16.5. The molecule has 1 rings (SSSR count). The van der Waals surface area contributed by atoms with E-state index in [1.807, 2.05) is 40.1 Å².